The topological polar surface area (TPSA) is 63.4 Å². The Bertz CT molecular complexity index is 868. The lowest BCUT2D eigenvalue weighted by Gasteiger charge is -2.18. The summed E-state index contributed by atoms with van der Waals surface area (Å²) >= 11 is 0. The van der Waals surface area contributed by atoms with Gasteiger partial charge in [0.15, 0.2) is 5.82 Å². The van der Waals surface area contributed by atoms with Crippen LogP contribution in [0.2, 0.25) is 0 Å². The Morgan fingerprint density at radius 1 is 1.29 bits per heavy atom. The first kappa shape index (κ1) is 14.8. The second-order valence-corrected chi connectivity index (χ2v) is 6.48. The molecule has 0 saturated heterocycles. The molecule has 0 spiro atoms. The summed E-state index contributed by atoms with van der Waals surface area (Å²) in [6.45, 7) is 5.12. The minimum atomic E-state index is 0.0292. The molecule has 0 radical (unpaired) electrons. The number of anilines is 1. The van der Waals surface area contributed by atoms with Crippen LogP contribution in [0.5, 0.6) is 0 Å². The second kappa shape index (κ2) is 5.70. The number of hydrogen-bond acceptors (Lipinski definition) is 4. The molecular weight excluding hydrogens is 302 g/mol. The third-order valence-electron chi connectivity index (χ3n) is 4.58. The van der Waals surface area contributed by atoms with Gasteiger partial charge in [0.2, 0.25) is 5.91 Å². The first-order chi connectivity index (χ1) is 11.6. The Morgan fingerprint density at radius 2 is 2.12 bits per heavy atom. The van der Waals surface area contributed by atoms with Gasteiger partial charge >= 0.3 is 0 Å². The van der Waals surface area contributed by atoms with Crippen LogP contribution in [0.4, 0.5) is 5.69 Å². The normalized spacial score (nSPS) is 16.8. The van der Waals surface area contributed by atoms with E-state index in [1.807, 2.05) is 23.1 Å². The van der Waals surface area contributed by atoms with Crippen molar-refractivity contribution in [1.29, 1.82) is 0 Å². The average molecular weight is 321 g/mol. The first-order valence-corrected chi connectivity index (χ1v) is 8.19. The Kier molecular flexibility index (Phi) is 3.52. The summed E-state index contributed by atoms with van der Waals surface area (Å²) in [5.41, 5.74) is 2.27. The quantitative estimate of drug-likeness (QED) is 0.743. The number of carbonyl (C=O) groups is 1. The molecule has 1 amide bonds. The van der Waals surface area contributed by atoms with E-state index in [9.17, 15) is 4.79 Å². The van der Waals surface area contributed by atoms with Crippen molar-refractivity contribution in [2.45, 2.75) is 26.2 Å². The third-order valence-corrected chi connectivity index (χ3v) is 4.58. The van der Waals surface area contributed by atoms with Crippen molar-refractivity contribution < 1.29 is 4.79 Å². The fourth-order valence-corrected chi connectivity index (χ4v) is 3.33. The van der Waals surface area contributed by atoms with Crippen molar-refractivity contribution in [2.24, 2.45) is 5.92 Å². The van der Waals surface area contributed by atoms with E-state index >= 15 is 0 Å². The zero-order valence-corrected chi connectivity index (χ0v) is 13.8. The summed E-state index contributed by atoms with van der Waals surface area (Å²) in [6.07, 6.45) is 3.63. The minimum Gasteiger partial charge on any atom is -0.311 e. The van der Waals surface area contributed by atoms with Crippen LogP contribution < -0.4 is 4.90 Å². The predicted octanol–water partition coefficient (Wildman–Crippen LogP) is 2.45. The van der Waals surface area contributed by atoms with Gasteiger partial charge in [-0.3, -0.25) is 4.79 Å². The molecule has 1 aromatic carbocycles. The van der Waals surface area contributed by atoms with Crippen LogP contribution in [0.25, 0.3) is 5.78 Å². The molecular formula is C18H19N5O. The highest BCUT2D eigenvalue weighted by molar-refractivity contribution is 5.96. The van der Waals surface area contributed by atoms with Crippen LogP contribution >= 0.6 is 0 Å². The van der Waals surface area contributed by atoms with E-state index in [2.05, 4.69) is 35.0 Å². The van der Waals surface area contributed by atoms with Crippen molar-refractivity contribution in [3.63, 3.8) is 0 Å². The summed E-state index contributed by atoms with van der Waals surface area (Å²) in [4.78, 5) is 23.2. The molecule has 3 aromatic rings. The van der Waals surface area contributed by atoms with Crippen molar-refractivity contribution in [2.75, 3.05) is 11.4 Å². The Hall–Kier alpha value is -2.76. The standard InChI is InChI=1S/C18H19N5O/c1-12(2)14-11-22(15-7-4-3-6-13(14)15)17(24)10-16-20-18-19-8-5-9-23(18)21-16/h3-9,12,14H,10-11H2,1-2H3. The van der Waals surface area contributed by atoms with E-state index in [1.54, 1.807) is 23.0 Å². The molecule has 24 heavy (non-hydrogen) atoms. The molecule has 1 aliphatic heterocycles. The van der Waals surface area contributed by atoms with Crippen molar-refractivity contribution in [1.82, 2.24) is 19.6 Å². The molecule has 0 saturated carbocycles. The molecule has 0 N–H and O–H groups in total. The van der Waals surface area contributed by atoms with Crippen molar-refractivity contribution in [3.05, 3.63) is 54.1 Å². The fourth-order valence-electron chi connectivity index (χ4n) is 3.33. The lowest BCUT2D eigenvalue weighted by Crippen LogP contribution is -2.32. The molecule has 1 aliphatic rings. The van der Waals surface area contributed by atoms with Crippen LogP contribution in [0, 0.1) is 5.92 Å². The SMILES string of the molecule is CC(C)C1CN(C(=O)Cc2nc3ncccn3n2)c2ccccc21. The third kappa shape index (κ3) is 2.44. The van der Waals surface area contributed by atoms with E-state index in [-0.39, 0.29) is 12.3 Å². The van der Waals surface area contributed by atoms with Crippen LogP contribution in [0.1, 0.15) is 31.2 Å². The zero-order valence-electron chi connectivity index (χ0n) is 13.8. The molecule has 2 aromatic heterocycles. The second-order valence-electron chi connectivity index (χ2n) is 6.48. The number of para-hydroxylation sites is 1. The van der Waals surface area contributed by atoms with Gasteiger partial charge in [0.25, 0.3) is 5.78 Å². The molecule has 0 bridgehead atoms. The number of aromatic nitrogens is 4. The molecule has 122 valence electrons. The number of benzene rings is 1. The van der Waals surface area contributed by atoms with Crippen LogP contribution in [0.15, 0.2) is 42.7 Å². The summed E-state index contributed by atoms with van der Waals surface area (Å²) in [6, 6.07) is 9.96. The molecule has 3 heterocycles. The number of hydrogen-bond donors (Lipinski definition) is 0. The Morgan fingerprint density at radius 3 is 2.92 bits per heavy atom. The maximum atomic E-state index is 12.8. The fraction of sp³-hybridized carbons (Fsp3) is 0.333. The highest BCUT2D eigenvalue weighted by atomic mass is 16.2. The lowest BCUT2D eigenvalue weighted by molar-refractivity contribution is -0.118. The maximum Gasteiger partial charge on any atom is 0.252 e. The monoisotopic (exact) mass is 321 g/mol. The van der Waals surface area contributed by atoms with Gasteiger partial charge in [-0.05, 0) is 23.6 Å². The summed E-state index contributed by atoms with van der Waals surface area (Å²) in [5, 5.41) is 4.33. The van der Waals surface area contributed by atoms with Gasteiger partial charge in [-0.25, -0.2) is 9.50 Å². The van der Waals surface area contributed by atoms with E-state index in [0.29, 0.717) is 23.4 Å². The molecule has 0 fully saturated rings. The van der Waals surface area contributed by atoms with Crippen LogP contribution in [-0.2, 0) is 11.2 Å². The van der Waals surface area contributed by atoms with E-state index in [0.717, 1.165) is 12.2 Å². The van der Waals surface area contributed by atoms with Gasteiger partial charge in [-0.2, -0.15) is 4.98 Å². The number of rotatable bonds is 3. The number of nitrogens with zero attached hydrogens (tertiary/aromatic N) is 5. The molecule has 1 unspecified atom stereocenters. The minimum absolute atomic E-state index is 0.0292. The van der Waals surface area contributed by atoms with Gasteiger partial charge in [0.1, 0.15) is 0 Å². The first-order valence-electron chi connectivity index (χ1n) is 8.19. The van der Waals surface area contributed by atoms with E-state index < -0.39 is 0 Å². The average Bonchev–Trinajstić information content (AvgIpc) is 3.15. The molecule has 4 rings (SSSR count). The summed E-state index contributed by atoms with van der Waals surface area (Å²) in [5.74, 6) is 1.91. The lowest BCUT2D eigenvalue weighted by atomic mass is 9.90. The van der Waals surface area contributed by atoms with Gasteiger partial charge < -0.3 is 4.90 Å². The zero-order chi connectivity index (χ0) is 16.7. The van der Waals surface area contributed by atoms with Gasteiger partial charge in [-0.15, -0.1) is 5.10 Å². The van der Waals surface area contributed by atoms with Crippen molar-refractivity contribution in [3.8, 4) is 0 Å². The number of amides is 1. The highest BCUT2D eigenvalue weighted by Gasteiger charge is 2.33. The molecule has 1 atom stereocenters. The smallest absolute Gasteiger partial charge is 0.252 e. The van der Waals surface area contributed by atoms with Crippen molar-refractivity contribution >= 4 is 17.4 Å². The van der Waals surface area contributed by atoms with Gasteiger partial charge in [0, 0.05) is 30.5 Å². The Balaban J connectivity index is 1.60. The largest absolute Gasteiger partial charge is 0.311 e. The van der Waals surface area contributed by atoms with Crippen LogP contribution in [-0.4, -0.2) is 32.0 Å². The number of fused-ring (bicyclic) bond motifs is 2. The van der Waals surface area contributed by atoms with E-state index in [4.69, 9.17) is 0 Å². The predicted molar refractivity (Wildman–Crippen MR) is 90.9 cm³/mol. The van der Waals surface area contributed by atoms with Gasteiger partial charge in [0.05, 0.1) is 6.42 Å². The number of carbonyl (C=O) groups excluding carboxylic acids is 1. The molecule has 6 heteroatoms. The van der Waals surface area contributed by atoms with Crippen LogP contribution in [0.3, 0.4) is 0 Å². The molecule has 0 aliphatic carbocycles. The van der Waals surface area contributed by atoms with E-state index in [1.165, 1.54) is 5.56 Å². The summed E-state index contributed by atoms with van der Waals surface area (Å²) < 4.78 is 1.59. The Labute approximate surface area is 140 Å². The summed E-state index contributed by atoms with van der Waals surface area (Å²) in [7, 11) is 0. The highest BCUT2D eigenvalue weighted by Crippen LogP contribution is 2.40. The molecule has 6 nitrogen and oxygen atoms in total. The van der Waals surface area contributed by atoms with Gasteiger partial charge in [-0.1, -0.05) is 32.0 Å². The maximum absolute atomic E-state index is 12.8.